The zero-order valence-electron chi connectivity index (χ0n) is 19.8. The minimum atomic E-state index is -4.23. The topological polar surface area (TPSA) is 94.2 Å². The molecule has 0 saturated carbocycles. The summed E-state index contributed by atoms with van der Waals surface area (Å²) in [6, 6.07) is 16.9. The largest absolute Gasteiger partial charge is 0.496 e. The maximum absolute atomic E-state index is 14.0. The highest BCUT2D eigenvalue weighted by Crippen LogP contribution is 2.34. The summed E-state index contributed by atoms with van der Waals surface area (Å²) in [5, 5.41) is 2.75. The van der Waals surface area contributed by atoms with Crippen LogP contribution in [-0.2, 0) is 21.2 Å². The average Bonchev–Trinajstić information content (AvgIpc) is 2.89. The molecular weight excluding hydrogens is 487 g/mol. The highest BCUT2D eigenvalue weighted by atomic mass is 32.2. The molecular formula is C26H27FN2O6S. The first-order valence-electron chi connectivity index (χ1n) is 11.4. The van der Waals surface area contributed by atoms with Crippen molar-refractivity contribution in [1.82, 2.24) is 5.32 Å². The van der Waals surface area contributed by atoms with Gasteiger partial charge >= 0.3 is 0 Å². The fourth-order valence-corrected chi connectivity index (χ4v) is 5.29. The second kappa shape index (κ2) is 11.3. The Morgan fingerprint density at radius 2 is 1.81 bits per heavy atom. The molecule has 10 heteroatoms. The normalized spacial score (nSPS) is 12.6. The van der Waals surface area contributed by atoms with Crippen LogP contribution in [0.25, 0.3) is 0 Å². The van der Waals surface area contributed by atoms with E-state index in [9.17, 15) is 17.6 Å². The number of ether oxygens (including phenoxy) is 3. The van der Waals surface area contributed by atoms with Gasteiger partial charge in [0.1, 0.15) is 31.3 Å². The first-order chi connectivity index (χ1) is 17.4. The first-order valence-corrected chi connectivity index (χ1v) is 12.9. The van der Waals surface area contributed by atoms with Gasteiger partial charge in [0, 0.05) is 12.6 Å². The van der Waals surface area contributed by atoms with Crippen LogP contribution in [0.15, 0.2) is 71.6 Å². The molecule has 0 fully saturated rings. The van der Waals surface area contributed by atoms with Crippen LogP contribution in [0, 0.1) is 5.82 Å². The predicted octanol–water partition coefficient (Wildman–Crippen LogP) is 3.55. The van der Waals surface area contributed by atoms with Crippen molar-refractivity contribution < 1.29 is 31.8 Å². The van der Waals surface area contributed by atoms with E-state index >= 15 is 0 Å². The van der Waals surface area contributed by atoms with Crippen LogP contribution in [0.5, 0.6) is 17.2 Å². The number of carbonyl (C=O) groups is 1. The van der Waals surface area contributed by atoms with Gasteiger partial charge in [-0.15, -0.1) is 0 Å². The highest BCUT2D eigenvalue weighted by Gasteiger charge is 2.29. The smallest absolute Gasteiger partial charge is 0.264 e. The summed E-state index contributed by atoms with van der Waals surface area (Å²) < 4.78 is 58.3. The number of rotatable bonds is 10. The van der Waals surface area contributed by atoms with Gasteiger partial charge in [0.2, 0.25) is 5.91 Å². The van der Waals surface area contributed by atoms with Gasteiger partial charge in [0.15, 0.2) is 11.5 Å². The molecule has 1 aliphatic heterocycles. The van der Waals surface area contributed by atoms with Crippen molar-refractivity contribution in [2.45, 2.75) is 17.7 Å². The van der Waals surface area contributed by atoms with Gasteiger partial charge in [-0.2, -0.15) is 0 Å². The van der Waals surface area contributed by atoms with E-state index in [1.807, 2.05) is 24.3 Å². The summed E-state index contributed by atoms with van der Waals surface area (Å²) in [6.45, 7) is 0.472. The Kier molecular flexibility index (Phi) is 7.94. The number of nitrogens with one attached hydrogen (secondary N) is 1. The highest BCUT2D eigenvalue weighted by molar-refractivity contribution is 7.92. The van der Waals surface area contributed by atoms with E-state index in [0.717, 1.165) is 21.7 Å². The van der Waals surface area contributed by atoms with Crippen LogP contribution in [0.4, 0.5) is 10.1 Å². The molecule has 3 aromatic carbocycles. The number of carbonyl (C=O) groups excluding carboxylic acids is 1. The van der Waals surface area contributed by atoms with Crippen molar-refractivity contribution in [3.63, 3.8) is 0 Å². The van der Waals surface area contributed by atoms with E-state index in [0.29, 0.717) is 44.1 Å². The molecule has 8 nitrogen and oxygen atoms in total. The minimum Gasteiger partial charge on any atom is -0.496 e. The van der Waals surface area contributed by atoms with Crippen LogP contribution in [-0.4, -0.2) is 47.7 Å². The van der Waals surface area contributed by atoms with Crippen LogP contribution in [0.2, 0.25) is 0 Å². The van der Waals surface area contributed by atoms with E-state index in [-0.39, 0.29) is 10.6 Å². The fourth-order valence-electron chi connectivity index (χ4n) is 3.86. The van der Waals surface area contributed by atoms with E-state index in [2.05, 4.69) is 5.32 Å². The number of sulfonamides is 1. The molecule has 36 heavy (non-hydrogen) atoms. The Morgan fingerprint density at radius 3 is 2.58 bits per heavy atom. The number of benzene rings is 3. The van der Waals surface area contributed by atoms with E-state index in [1.165, 1.54) is 36.4 Å². The van der Waals surface area contributed by atoms with E-state index in [4.69, 9.17) is 14.2 Å². The standard InChI is InChI=1S/C26H27FN2O6S/c1-33-23-10-3-2-6-19(23)7-5-13-28-26(30)18-29(21-9-4-8-20(27)16-21)36(31,32)22-11-12-24-25(17-22)35-15-14-34-24/h2-4,6,8-12,16-17H,5,7,13-15,18H2,1H3,(H,28,30). The van der Waals surface area contributed by atoms with Crippen LogP contribution >= 0.6 is 0 Å². The van der Waals surface area contributed by atoms with E-state index in [1.54, 1.807) is 7.11 Å². The Hall–Kier alpha value is -3.79. The quantitative estimate of drug-likeness (QED) is 0.416. The summed E-state index contributed by atoms with van der Waals surface area (Å²) in [7, 11) is -2.63. The molecule has 0 radical (unpaired) electrons. The third kappa shape index (κ3) is 5.88. The lowest BCUT2D eigenvalue weighted by Gasteiger charge is -2.25. The van der Waals surface area contributed by atoms with Crippen molar-refractivity contribution in [3.05, 3.63) is 78.1 Å². The lowest BCUT2D eigenvalue weighted by atomic mass is 10.1. The summed E-state index contributed by atoms with van der Waals surface area (Å²) in [5.41, 5.74) is 1.05. The molecule has 190 valence electrons. The number of fused-ring (bicyclic) bond motifs is 1. The molecule has 4 rings (SSSR count). The Labute approximate surface area is 209 Å². The van der Waals surface area contributed by atoms with E-state index < -0.39 is 28.3 Å². The first kappa shape index (κ1) is 25.3. The molecule has 0 saturated heterocycles. The molecule has 0 spiro atoms. The maximum atomic E-state index is 14.0. The van der Waals surface area contributed by atoms with Crippen LogP contribution in [0.3, 0.4) is 0 Å². The third-order valence-electron chi connectivity index (χ3n) is 5.62. The van der Waals surface area contributed by atoms with Gasteiger partial charge < -0.3 is 19.5 Å². The molecule has 1 aliphatic rings. The van der Waals surface area contributed by atoms with Crippen molar-refractivity contribution in [3.8, 4) is 17.2 Å². The van der Waals surface area contributed by atoms with Crippen molar-refractivity contribution in [1.29, 1.82) is 0 Å². The van der Waals surface area contributed by atoms with Crippen molar-refractivity contribution in [2.24, 2.45) is 0 Å². The SMILES string of the molecule is COc1ccccc1CCCNC(=O)CN(c1cccc(F)c1)S(=O)(=O)c1ccc2c(c1)OCCO2. The minimum absolute atomic E-state index is 0.0362. The molecule has 1 N–H and O–H groups in total. The Morgan fingerprint density at radius 1 is 1.03 bits per heavy atom. The molecule has 0 aromatic heterocycles. The van der Waals surface area contributed by atoms with Crippen LogP contribution < -0.4 is 23.8 Å². The Bertz CT molecular complexity index is 1330. The zero-order valence-corrected chi connectivity index (χ0v) is 20.6. The molecule has 0 bridgehead atoms. The number of amides is 1. The monoisotopic (exact) mass is 514 g/mol. The fraction of sp³-hybridized carbons (Fsp3) is 0.269. The number of para-hydroxylation sites is 1. The van der Waals surface area contributed by atoms with Gasteiger partial charge in [-0.3, -0.25) is 9.10 Å². The summed E-state index contributed by atoms with van der Waals surface area (Å²) in [6.07, 6.45) is 1.30. The molecule has 1 heterocycles. The number of anilines is 1. The number of nitrogens with zero attached hydrogens (tertiary/aromatic N) is 1. The van der Waals surface area contributed by atoms with Gasteiger partial charge in [0.05, 0.1) is 17.7 Å². The predicted molar refractivity (Wildman–Crippen MR) is 133 cm³/mol. The lowest BCUT2D eigenvalue weighted by Crippen LogP contribution is -2.41. The van der Waals surface area contributed by atoms with Crippen molar-refractivity contribution in [2.75, 3.05) is 37.7 Å². The Balaban J connectivity index is 1.48. The van der Waals surface area contributed by atoms with Crippen molar-refractivity contribution >= 4 is 21.6 Å². The van der Waals surface area contributed by atoms with Gasteiger partial charge in [0.25, 0.3) is 10.0 Å². The van der Waals surface area contributed by atoms with Gasteiger partial charge in [-0.1, -0.05) is 24.3 Å². The summed E-state index contributed by atoms with van der Waals surface area (Å²) in [4.78, 5) is 12.7. The summed E-state index contributed by atoms with van der Waals surface area (Å²) in [5.74, 6) is 0.367. The second-order valence-electron chi connectivity index (χ2n) is 8.06. The zero-order chi connectivity index (χ0) is 25.5. The van der Waals surface area contributed by atoms with Gasteiger partial charge in [-0.05, 0) is 54.8 Å². The number of halogens is 1. The number of hydrogen-bond donors (Lipinski definition) is 1. The lowest BCUT2D eigenvalue weighted by molar-refractivity contribution is -0.119. The molecule has 1 amide bonds. The number of methoxy groups -OCH3 is 1. The number of aryl methyl sites for hydroxylation is 1. The maximum Gasteiger partial charge on any atom is 0.264 e. The summed E-state index contributed by atoms with van der Waals surface area (Å²) >= 11 is 0. The molecule has 3 aromatic rings. The van der Waals surface area contributed by atoms with Gasteiger partial charge in [-0.25, -0.2) is 12.8 Å². The second-order valence-corrected chi connectivity index (χ2v) is 9.92. The molecule has 0 aliphatic carbocycles. The third-order valence-corrected chi connectivity index (χ3v) is 7.39. The average molecular weight is 515 g/mol. The number of hydrogen-bond acceptors (Lipinski definition) is 6. The molecule has 0 atom stereocenters. The van der Waals surface area contributed by atoms with Crippen LogP contribution in [0.1, 0.15) is 12.0 Å². The molecule has 0 unspecified atom stereocenters.